The van der Waals surface area contributed by atoms with Crippen LogP contribution in [0.25, 0.3) is 0 Å². The van der Waals surface area contributed by atoms with Crippen molar-refractivity contribution in [1.82, 2.24) is 9.97 Å². The maximum atomic E-state index is 8.56. The Morgan fingerprint density at radius 1 is 1.58 bits per heavy atom. The Balaban J connectivity index is 2.95. The zero-order chi connectivity index (χ0) is 8.97. The summed E-state index contributed by atoms with van der Waals surface area (Å²) in [6.07, 6.45) is 4.21. The molecule has 0 radical (unpaired) electrons. The number of hydrogen-bond donors (Lipinski definition) is 0. The van der Waals surface area contributed by atoms with Gasteiger partial charge in [0.1, 0.15) is 6.07 Å². The summed E-state index contributed by atoms with van der Waals surface area (Å²) in [5.74, 6) is 0.380. The van der Waals surface area contributed by atoms with Gasteiger partial charge in [-0.3, -0.25) is 4.98 Å². The first-order chi connectivity index (χ1) is 5.77. The lowest BCUT2D eigenvalue weighted by molar-refractivity contribution is 0.701. The van der Waals surface area contributed by atoms with Crippen molar-refractivity contribution >= 4 is 0 Å². The van der Waals surface area contributed by atoms with Crippen molar-refractivity contribution in [3.63, 3.8) is 0 Å². The molecule has 0 saturated carbocycles. The van der Waals surface area contributed by atoms with Crippen LogP contribution in [-0.4, -0.2) is 9.97 Å². The van der Waals surface area contributed by atoms with Crippen LogP contribution in [0.3, 0.4) is 0 Å². The third kappa shape index (κ3) is 1.79. The predicted molar refractivity (Wildman–Crippen MR) is 45.5 cm³/mol. The molecular weight excluding hydrogens is 150 g/mol. The maximum Gasteiger partial charge on any atom is 0.159 e. The van der Waals surface area contributed by atoms with Gasteiger partial charge in [-0.25, -0.2) is 4.98 Å². The van der Waals surface area contributed by atoms with Crippen LogP contribution in [0.1, 0.15) is 37.6 Å². The number of aromatic nitrogens is 2. The molecule has 3 nitrogen and oxygen atoms in total. The summed E-state index contributed by atoms with van der Waals surface area (Å²) in [5.41, 5.74) is 1.30. The molecule has 0 spiro atoms. The van der Waals surface area contributed by atoms with E-state index in [0.29, 0.717) is 11.6 Å². The molecule has 0 aliphatic carbocycles. The van der Waals surface area contributed by atoms with Crippen LogP contribution in [-0.2, 0) is 0 Å². The molecule has 1 aromatic rings. The van der Waals surface area contributed by atoms with E-state index in [0.717, 1.165) is 12.1 Å². The second-order valence-electron chi connectivity index (χ2n) is 2.75. The Hall–Kier alpha value is -1.43. The fourth-order valence-electron chi connectivity index (χ4n) is 0.881. The molecule has 0 fully saturated rings. The van der Waals surface area contributed by atoms with E-state index in [1.807, 2.05) is 6.07 Å². The Labute approximate surface area is 72.1 Å². The predicted octanol–water partition coefficient (Wildman–Crippen LogP) is 1.86. The lowest BCUT2D eigenvalue weighted by Crippen LogP contribution is -1.98. The molecule has 0 aliphatic heterocycles. The van der Waals surface area contributed by atoms with Gasteiger partial charge in [0.25, 0.3) is 0 Å². The summed E-state index contributed by atoms with van der Waals surface area (Å²) in [5, 5.41) is 8.56. The second-order valence-corrected chi connectivity index (χ2v) is 2.75. The molecule has 1 heterocycles. The van der Waals surface area contributed by atoms with Gasteiger partial charge in [0.05, 0.1) is 11.9 Å². The van der Waals surface area contributed by atoms with Crippen molar-refractivity contribution in [2.24, 2.45) is 0 Å². The Morgan fingerprint density at radius 3 is 2.92 bits per heavy atom. The van der Waals surface area contributed by atoms with E-state index in [2.05, 4.69) is 23.8 Å². The van der Waals surface area contributed by atoms with Crippen molar-refractivity contribution in [1.29, 1.82) is 5.26 Å². The number of nitriles is 1. The van der Waals surface area contributed by atoms with Gasteiger partial charge in [-0.15, -0.1) is 0 Å². The Kier molecular flexibility index (Phi) is 2.76. The van der Waals surface area contributed by atoms with E-state index in [4.69, 9.17) is 5.26 Å². The SMILES string of the molecule is CCC(C)c1cncc(C#N)n1. The smallest absolute Gasteiger partial charge is 0.159 e. The fraction of sp³-hybridized carbons (Fsp3) is 0.444. The summed E-state index contributed by atoms with van der Waals surface area (Å²) >= 11 is 0. The number of rotatable bonds is 2. The second kappa shape index (κ2) is 3.82. The maximum absolute atomic E-state index is 8.56. The van der Waals surface area contributed by atoms with Crippen LogP contribution in [0, 0.1) is 11.3 Å². The number of nitrogens with zero attached hydrogens (tertiary/aromatic N) is 3. The highest BCUT2D eigenvalue weighted by atomic mass is 14.8. The van der Waals surface area contributed by atoms with Gasteiger partial charge >= 0.3 is 0 Å². The van der Waals surface area contributed by atoms with E-state index in [-0.39, 0.29) is 0 Å². The average molecular weight is 161 g/mol. The fourth-order valence-corrected chi connectivity index (χ4v) is 0.881. The average Bonchev–Trinajstić information content (AvgIpc) is 2.17. The standard InChI is InChI=1S/C9H11N3/c1-3-7(2)9-6-11-5-8(4-10)12-9/h5-7H,3H2,1-2H3. The molecule has 0 aromatic carbocycles. The molecule has 62 valence electrons. The topological polar surface area (TPSA) is 49.6 Å². The van der Waals surface area contributed by atoms with Gasteiger partial charge in [-0.1, -0.05) is 13.8 Å². The highest BCUT2D eigenvalue weighted by Gasteiger charge is 2.04. The lowest BCUT2D eigenvalue weighted by atomic mass is 10.1. The van der Waals surface area contributed by atoms with Gasteiger partial charge in [-0.2, -0.15) is 5.26 Å². The van der Waals surface area contributed by atoms with Crippen molar-refractivity contribution in [3.8, 4) is 6.07 Å². The minimum absolute atomic E-state index is 0.380. The first-order valence-corrected chi connectivity index (χ1v) is 4.00. The third-order valence-corrected chi connectivity index (χ3v) is 1.89. The molecule has 0 amide bonds. The van der Waals surface area contributed by atoms with Crippen molar-refractivity contribution < 1.29 is 0 Å². The van der Waals surface area contributed by atoms with E-state index in [1.54, 1.807) is 6.20 Å². The zero-order valence-corrected chi connectivity index (χ0v) is 7.28. The summed E-state index contributed by atoms with van der Waals surface area (Å²) in [7, 11) is 0. The lowest BCUT2D eigenvalue weighted by Gasteiger charge is -2.05. The van der Waals surface area contributed by atoms with Crippen LogP contribution in [0.2, 0.25) is 0 Å². The molecule has 0 saturated heterocycles. The van der Waals surface area contributed by atoms with Gasteiger partial charge in [0.15, 0.2) is 5.69 Å². The summed E-state index contributed by atoms with van der Waals surface area (Å²) < 4.78 is 0. The monoisotopic (exact) mass is 161 g/mol. The first kappa shape index (κ1) is 8.66. The molecular formula is C9H11N3. The van der Waals surface area contributed by atoms with E-state index in [1.165, 1.54) is 6.20 Å². The number of hydrogen-bond acceptors (Lipinski definition) is 3. The minimum Gasteiger partial charge on any atom is -0.260 e. The van der Waals surface area contributed by atoms with Gasteiger partial charge in [0.2, 0.25) is 0 Å². The van der Waals surface area contributed by atoms with Crippen LogP contribution in [0.4, 0.5) is 0 Å². The van der Waals surface area contributed by atoms with E-state index >= 15 is 0 Å². The molecule has 1 unspecified atom stereocenters. The third-order valence-electron chi connectivity index (χ3n) is 1.89. The highest BCUT2D eigenvalue weighted by Crippen LogP contribution is 2.14. The first-order valence-electron chi connectivity index (χ1n) is 4.00. The van der Waals surface area contributed by atoms with Gasteiger partial charge < -0.3 is 0 Å². The summed E-state index contributed by atoms with van der Waals surface area (Å²) in [6.45, 7) is 4.16. The van der Waals surface area contributed by atoms with Crippen molar-refractivity contribution in [3.05, 3.63) is 23.8 Å². The minimum atomic E-state index is 0.380. The Bertz CT molecular complexity index is 301. The quantitative estimate of drug-likeness (QED) is 0.665. The molecule has 1 atom stereocenters. The van der Waals surface area contributed by atoms with Crippen LogP contribution in [0.15, 0.2) is 12.4 Å². The highest BCUT2D eigenvalue weighted by molar-refractivity contribution is 5.18. The molecule has 0 aliphatic rings. The van der Waals surface area contributed by atoms with E-state index in [9.17, 15) is 0 Å². The largest absolute Gasteiger partial charge is 0.260 e. The molecule has 1 aromatic heterocycles. The summed E-state index contributed by atoms with van der Waals surface area (Å²) in [6, 6.07) is 1.97. The van der Waals surface area contributed by atoms with E-state index < -0.39 is 0 Å². The van der Waals surface area contributed by atoms with Crippen molar-refractivity contribution in [2.45, 2.75) is 26.2 Å². The molecule has 0 N–H and O–H groups in total. The van der Waals surface area contributed by atoms with Crippen LogP contribution < -0.4 is 0 Å². The van der Waals surface area contributed by atoms with Crippen LogP contribution in [0.5, 0.6) is 0 Å². The molecule has 1 rings (SSSR count). The van der Waals surface area contributed by atoms with Crippen molar-refractivity contribution in [2.75, 3.05) is 0 Å². The molecule has 0 bridgehead atoms. The summed E-state index contributed by atoms with van der Waals surface area (Å²) in [4.78, 5) is 8.08. The zero-order valence-electron chi connectivity index (χ0n) is 7.28. The molecule has 3 heteroatoms. The van der Waals surface area contributed by atoms with Crippen LogP contribution >= 0.6 is 0 Å². The Morgan fingerprint density at radius 2 is 2.33 bits per heavy atom. The molecule has 12 heavy (non-hydrogen) atoms. The van der Waals surface area contributed by atoms with Gasteiger partial charge in [0, 0.05) is 6.20 Å². The van der Waals surface area contributed by atoms with Gasteiger partial charge in [-0.05, 0) is 12.3 Å². The normalized spacial score (nSPS) is 12.1.